The molecule has 108 valence electrons. The minimum absolute atomic E-state index is 0.00765. The highest BCUT2D eigenvalue weighted by Gasteiger charge is 2.16. The molecule has 0 heterocycles. The summed E-state index contributed by atoms with van der Waals surface area (Å²) in [6.45, 7) is 2.01. The fraction of sp³-hybridized carbons (Fsp3) is 0.538. The topological polar surface area (TPSA) is 46.2 Å². The molecular formula is C13H19ClFNO2S. The highest BCUT2D eigenvalue weighted by atomic mass is 35.5. The van der Waals surface area contributed by atoms with Gasteiger partial charge in [-0.15, -0.1) is 11.6 Å². The number of nitrogens with one attached hydrogen (secondary N) is 1. The summed E-state index contributed by atoms with van der Waals surface area (Å²) in [7, 11) is -3.62. The van der Waals surface area contributed by atoms with Crippen LogP contribution in [0.4, 0.5) is 4.39 Å². The van der Waals surface area contributed by atoms with Crippen molar-refractivity contribution in [1.82, 2.24) is 4.72 Å². The van der Waals surface area contributed by atoms with Gasteiger partial charge in [0, 0.05) is 12.4 Å². The largest absolute Gasteiger partial charge is 0.240 e. The summed E-state index contributed by atoms with van der Waals surface area (Å²) in [5.41, 5.74) is 0.538. The zero-order valence-electron chi connectivity index (χ0n) is 11.0. The first-order valence-corrected chi connectivity index (χ1v) is 8.31. The molecular weight excluding hydrogens is 289 g/mol. The van der Waals surface area contributed by atoms with Gasteiger partial charge in [-0.05, 0) is 37.5 Å². The van der Waals surface area contributed by atoms with Gasteiger partial charge < -0.3 is 0 Å². The maximum atomic E-state index is 13.1. The molecule has 19 heavy (non-hydrogen) atoms. The normalized spacial score (nSPS) is 11.7. The molecule has 0 atom stereocenters. The van der Waals surface area contributed by atoms with Gasteiger partial charge in [-0.2, -0.15) is 0 Å². The lowest BCUT2D eigenvalue weighted by Gasteiger charge is -2.09. The fourth-order valence-electron chi connectivity index (χ4n) is 1.72. The molecule has 1 aromatic carbocycles. The molecule has 1 rings (SSSR count). The van der Waals surface area contributed by atoms with E-state index in [0.717, 1.165) is 31.7 Å². The summed E-state index contributed by atoms with van der Waals surface area (Å²) in [5.74, 6) is 0.0851. The van der Waals surface area contributed by atoms with Crippen molar-refractivity contribution in [2.75, 3.05) is 12.4 Å². The van der Waals surface area contributed by atoms with Gasteiger partial charge >= 0.3 is 0 Å². The molecule has 1 N–H and O–H groups in total. The highest BCUT2D eigenvalue weighted by molar-refractivity contribution is 7.89. The maximum absolute atomic E-state index is 13.1. The molecule has 0 fully saturated rings. The van der Waals surface area contributed by atoms with Crippen LogP contribution >= 0.6 is 11.6 Å². The van der Waals surface area contributed by atoms with Crippen LogP contribution in [-0.2, 0) is 10.0 Å². The molecule has 0 aromatic heterocycles. The van der Waals surface area contributed by atoms with Crippen LogP contribution in [-0.4, -0.2) is 20.8 Å². The predicted molar refractivity (Wildman–Crippen MR) is 75.5 cm³/mol. The number of hydrogen-bond donors (Lipinski definition) is 1. The number of halogens is 2. The third-order valence-electron chi connectivity index (χ3n) is 2.79. The Bertz CT molecular complexity index is 505. The predicted octanol–water partition coefficient (Wildman–Crippen LogP) is 3.21. The first-order valence-electron chi connectivity index (χ1n) is 6.29. The van der Waals surface area contributed by atoms with Gasteiger partial charge in [-0.25, -0.2) is 17.5 Å². The third-order valence-corrected chi connectivity index (χ3v) is 4.66. The minimum Gasteiger partial charge on any atom is -0.211 e. The summed E-state index contributed by atoms with van der Waals surface area (Å²) in [4.78, 5) is 0.00765. The molecule has 0 unspecified atom stereocenters. The second kappa shape index (κ2) is 7.82. The molecule has 0 saturated carbocycles. The number of unbranched alkanes of at least 4 members (excludes halogenated alkanes) is 3. The Balaban J connectivity index is 2.54. The highest BCUT2D eigenvalue weighted by Crippen LogP contribution is 2.16. The SMILES string of the molecule is Cc1ccc(F)cc1S(=O)(=O)NCCCCCCCl. The van der Waals surface area contributed by atoms with Crippen LogP contribution in [0.3, 0.4) is 0 Å². The Morgan fingerprint density at radius 3 is 2.58 bits per heavy atom. The van der Waals surface area contributed by atoms with Gasteiger partial charge in [0.15, 0.2) is 0 Å². The van der Waals surface area contributed by atoms with E-state index in [1.54, 1.807) is 6.92 Å². The van der Waals surface area contributed by atoms with E-state index in [9.17, 15) is 12.8 Å². The summed E-state index contributed by atoms with van der Waals surface area (Å²) in [6, 6.07) is 3.76. The van der Waals surface area contributed by atoms with Gasteiger partial charge in [0.25, 0.3) is 0 Å². The molecule has 0 aliphatic carbocycles. The Morgan fingerprint density at radius 1 is 1.21 bits per heavy atom. The molecule has 1 aromatic rings. The smallest absolute Gasteiger partial charge is 0.211 e. The van der Waals surface area contributed by atoms with Crippen LogP contribution in [0.25, 0.3) is 0 Å². The average molecular weight is 308 g/mol. The summed E-state index contributed by atoms with van der Waals surface area (Å²) < 4.78 is 39.6. The van der Waals surface area contributed by atoms with Crippen LogP contribution < -0.4 is 4.72 Å². The van der Waals surface area contributed by atoms with Crippen LogP contribution in [0.2, 0.25) is 0 Å². The summed E-state index contributed by atoms with van der Waals surface area (Å²) in [6.07, 6.45) is 3.61. The van der Waals surface area contributed by atoms with Crippen molar-refractivity contribution in [3.63, 3.8) is 0 Å². The second-order valence-corrected chi connectivity index (χ2v) is 6.52. The van der Waals surface area contributed by atoms with Crippen molar-refractivity contribution in [2.45, 2.75) is 37.5 Å². The van der Waals surface area contributed by atoms with E-state index < -0.39 is 15.8 Å². The van der Waals surface area contributed by atoms with Gasteiger partial charge in [0.05, 0.1) is 4.90 Å². The number of aryl methyl sites for hydroxylation is 1. The van der Waals surface area contributed by atoms with Crippen molar-refractivity contribution in [1.29, 1.82) is 0 Å². The molecule has 6 heteroatoms. The molecule has 0 aliphatic heterocycles. The first-order chi connectivity index (χ1) is 8.97. The van der Waals surface area contributed by atoms with Gasteiger partial charge in [-0.1, -0.05) is 18.9 Å². The molecule has 0 radical (unpaired) electrons. The number of rotatable bonds is 8. The summed E-state index contributed by atoms with van der Waals surface area (Å²) in [5, 5.41) is 0. The van der Waals surface area contributed by atoms with E-state index >= 15 is 0 Å². The minimum atomic E-state index is -3.62. The second-order valence-electron chi connectivity index (χ2n) is 4.41. The van der Waals surface area contributed by atoms with E-state index in [0.29, 0.717) is 18.0 Å². The van der Waals surface area contributed by atoms with E-state index in [2.05, 4.69) is 4.72 Å². The van der Waals surface area contributed by atoms with Crippen LogP contribution in [0, 0.1) is 12.7 Å². The van der Waals surface area contributed by atoms with Crippen molar-refractivity contribution in [3.05, 3.63) is 29.6 Å². The lowest BCUT2D eigenvalue weighted by molar-refractivity contribution is 0.569. The van der Waals surface area contributed by atoms with E-state index in [4.69, 9.17) is 11.6 Å². The first kappa shape index (κ1) is 16.4. The quantitative estimate of drug-likeness (QED) is 0.592. The average Bonchev–Trinajstić information content (AvgIpc) is 2.36. The van der Waals surface area contributed by atoms with Crippen molar-refractivity contribution >= 4 is 21.6 Å². The molecule has 0 amide bonds. The molecule has 0 aliphatic rings. The van der Waals surface area contributed by atoms with Gasteiger partial charge in [0.2, 0.25) is 10.0 Å². The van der Waals surface area contributed by atoms with Crippen molar-refractivity contribution in [2.24, 2.45) is 0 Å². The monoisotopic (exact) mass is 307 g/mol. The Hall–Kier alpha value is -0.650. The molecule has 3 nitrogen and oxygen atoms in total. The van der Waals surface area contributed by atoms with Crippen LogP contribution in [0.5, 0.6) is 0 Å². The number of hydrogen-bond acceptors (Lipinski definition) is 2. The fourth-order valence-corrected chi connectivity index (χ4v) is 3.24. The van der Waals surface area contributed by atoms with Crippen molar-refractivity contribution < 1.29 is 12.8 Å². The Labute approximate surface area is 119 Å². The molecule has 0 saturated heterocycles. The zero-order chi connectivity index (χ0) is 14.3. The maximum Gasteiger partial charge on any atom is 0.240 e. The van der Waals surface area contributed by atoms with E-state index in [1.165, 1.54) is 12.1 Å². The lowest BCUT2D eigenvalue weighted by atomic mass is 10.2. The zero-order valence-corrected chi connectivity index (χ0v) is 12.5. The van der Waals surface area contributed by atoms with E-state index in [-0.39, 0.29) is 4.90 Å². The van der Waals surface area contributed by atoms with Crippen LogP contribution in [0.1, 0.15) is 31.2 Å². The van der Waals surface area contributed by atoms with Gasteiger partial charge in [-0.3, -0.25) is 0 Å². The summed E-state index contributed by atoms with van der Waals surface area (Å²) >= 11 is 5.55. The molecule has 0 bridgehead atoms. The number of alkyl halides is 1. The van der Waals surface area contributed by atoms with E-state index in [1.807, 2.05) is 0 Å². The van der Waals surface area contributed by atoms with Gasteiger partial charge in [0.1, 0.15) is 5.82 Å². The lowest BCUT2D eigenvalue weighted by Crippen LogP contribution is -2.25. The Kier molecular flexibility index (Phi) is 6.75. The Morgan fingerprint density at radius 2 is 1.89 bits per heavy atom. The van der Waals surface area contributed by atoms with Crippen molar-refractivity contribution in [3.8, 4) is 0 Å². The van der Waals surface area contributed by atoms with Crippen LogP contribution in [0.15, 0.2) is 23.1 Å². The molecule has 0 spiro atoms. The third kappa shape index (κ3) is 5.47. The standard InChI is InChI=1S/C13H19ClFNO2S/c1-11-6-7-12(15)10-13(11)19(17,18)16-9-5-3-2-4-8-14/h6-7,10,16H,2-5,8-9H2,1H3. The number of benzene rings is 1. The number of sulfonamides is 1.